The number of hydrogen-bond donors (Lipinski definition) is 1. The highest BCUT2D eigenvalue weighted by Crippen LogP contribution is 2.24. The Bertz CT molecular complexity index is 290. The minimum absolute atomic E-state index is 0.0336. The van der Waals surface area contributed by atoms with Gasteiger partial charge in [-0.15, -0.1) is 6.58 Å². The normalized spacial score (nSPS) is 12.5. The molecule has 0 bridgehead atoms. The third-order valence-corrected chi connectivity index (χ3v) is 2.65. The fourth-order valence-electron chi connectivity index (χ4n) is 1.10. The maximum atomic E-state index is 5.93. The van der Waals surface area contributed by atoms with Crippen LogP contribution in [0.4, 0.5) is 0 Å². The van der Waals surface area contributed by atoms with Crippen LogP contribution in [-0.2, 0) is 0 Å². The predicted octanol–water partition coefficient (Wildman–Crippen LogP) is 3.79. The maximum absolute atomic E-state index is 5.93. The average molecular weight is 305 g/mol. The quantitative estimate of drug-likeness (QED) is 0.845. The van der Waals surface area contributed by atoms with Gasteiger partial charge in [0.05, 0.1) is 0 Å². The summed E-state index contributed by atoms with van der Waals surface area (Å²) in [5.41, 5.74) is 7.04. The Morgan fingerprint density at radius 2 is 1.85 bits per heavy atom. The van der Waals surface area contributed by atoms with Crippen molar-refractivity contribution in [3.63, 3.8) is 0 Å². The van der Waals surface area contributed by atoms with Crippen LogP contribution in [0.5, 0.6) is 0 Å². The van der Waals surface area contributed by atoms with Crippen molar-refractivity contribution in [3.8, 4) is 0 Å². The highest BCUT2D eigenvalue weighted by Gasteiger charge is 2.05. The molecule has 3 heteroatoms. The van der Waals surface area contributed by atoms with Gasteiger partial charge in [-0.1, -0.05) is 37.9 Å². The molecule has 1 rings (SSSR count). The first-order valence-electron chi connectivity index (χ1n) is 3.96. The standard InChI is InChI=1S/C10H11Br2N/c1-2-3-10(13)7-4-8(11)6-9(12)5-7/h2,4-6,10H,1,3,13H2/t10-/m0/s1. The van der Waals surface area contributed by atoms with Crippen LogP contribution in [-0.4, -0.2) is 0 Å². The lowest BCUT2D eigenvalue weighted by molar-refractivity contribution is 0.741. The van der Waals surface area contributed by atoms with Crippen LogP contribution in [0, 0.1) is 0 Å². The Kier molecular flexibility index (Phi) is 4.16. The molecule has 0 amide bonds. The Morgan fingerprint density at radius 1 is 1.31 bits per heavy atom. The molecule has 0 fully saturated rings. The second kappa shape index (κ2) is 4.94. The molecule has 0 radical (unpaired) electrons. The molecule has 0 aromatic heterocycles. The summed E-state index contributed by atoms with van der Waals surface area (Å²) in [5.74, 6) is 0. The minimum atomic E-state index is 0.0336. The third kappa shape index (κ3) is 3.25. The summed E-state index contributed by atoms with van der Waals surface area (Å²) < 4.78 is 2.08. The highest BCUT2D eigenvalue weighted by atomic mass is 79.9. The highest BCUT2D eigenvalue weighted by molar-refractivity contribution is 9.11. The van der Waals surface area contributed by atoms with Crippen LogP contribution in [0.3, 0.4) is 0 Å². The van der Waals surface area contributed by atoms with Crippen molar-refractivity contribution in [3.05, 3.63) is 45.4 Å². The van der Waals surface area contributed by atoms with E-state index in [4.69, 9.17) is 5.73 Å². The predicted molar refractivity (Wildman–Crippen MR) is 63.6 cm³/mol. The van der Waals surface area contributed by atoms with Gasteiger partial charge in [0, 0.05) is 15.0 Å². The summed E-state index contributed by atoms with van der Waals surface area (Å²) in [5, 5.41) is 0. The van der Waals surface area contributed by atoms with Gasteiger partial charge in [0.1, 0.15) is 0 Å². The molecular weight excluding hydrogens is 294 g/mol. The topological polar surface area (TPSA) is 26.0 Å². The second-order valence-electron chi connectivity index (χ2n) is 2.83. The van der Waals surface area contributed by atoms with Crippen molar-refractivity contribution in [2.45, 2.75) is 12.5 Å². The number of rotatable bonds is 3. The molecule has 0 aliphatic heterocycles. The lowest BCUT2D eigenvalue weighted by atomic mass is 10.1. The number of hydrogen-bond acceptors (Lipinski definition) is 1. The lowest BCUT2D eigenvalue weighted by Crippen LogP contribution is -2.08. The average Bonchev–Trinajstić information content (AvgIpc) is 2.03. The molecule has 1 aromatic rings. The van der Waals surface area contributed by atoms with Crippen LogP contribution in [0.15, 0.2) is 39.8 Å². The van der Waals surface area contributed by atoms with E-state index in [0.29, 0.717) is 0 Å². The van der Waals surface area contributed by atoms with Crippen molar-refractivity contribution >= 4 is 31.9 Å². The Morgan fingerprint density at radius 3 is 2.31 bits per heavy atom. The molecule has 0 saturated carbocycles. The summed E-state index contributed by atoms with van der Waals surface area (Å²) in [7, 11) is 0. The zero-order valence-corrected chi connectivity index (χ0v) is 10.3. The van der Waals surface area contributed by atoms with Gasteiger partial charge in [-0.2, -0.15) is 0 Å². The van der Waals surface area contributed by atoms with Gasteiger partial charge in [-0.3, -0.25) is 0 Å². The van der Waals surface area contributed by atoms with Crippen LogP contribution in [0.2, 0.25) is 0 Å². The van der Waals surface area contributed by atoms with Gasteiger partial charge < -0.3 is 5.73 Å². The Hall–Kier alpha value is -0.120. The van der Waals surface area contributed by atoms with Gasteiger partial charge in [0.15, 0.2) is 0 Å². The van der Waals surface area contributed by atoms with Gasteiger partial charge in [-0.05, 0) is 30.2 Å². The molecule has 0 unspecified atom stereocenters. The first-order chi connectivity index (χ1) is 6.13. The number of halogens is 2. The zero-order valence-electron chi connectivity index (χ0n) is 7.13. The lowest BCUT2D eigenvalue weighted by Gasteiger charge is -2.10. The van der Waals surface area contributed by atoms with E-state index in [9.17, 15) is 0 Å². The molecule has 70 valence electrons. The van der Waals surface area contributed by atoms with Crippen molar-refractivity contribution < 1.29 is 0 Å². The van der Waals surface area contributed by atoms with Crippen LogP contribution in [0.25, 0.3) is 0 Å². The molecular formula is C10H11Br2N. The van der Waals surface area contributed by atoms with Gasteiger partial charge >= 0.3 is 0 Å². The van der Waals surface area contributed by atoms with E-state index < -0.39 is 0 Å². The van der Waals surface area contributed by atoms with Crippen LogP contribution >= 0.6 is 31.9 Å². The fraction of sp³-hybridized carbons (Fsp3) is 0.200. The van der Waals surface area contributed by atoms with E-state index in [0.717, 1.165) is 20.9 Å². The Labute approximate surface area is 95.3 Å². The zero-order chi connectivity index (χ0) is 9.84. The van der Waals surface area contributed by atoms with Crippen LogP contribution in [0.1, 0.15) is 18.0 Å². The summed E-state index contributed by atoms with van der Waals surface area (Å²) in [6.07, 6.45) is 2.63. The number of nitrogens with two attached hydrogens (primary N) is 1. The SMILES string of the molecule is C=CC[C@H](N)c1cc(Br)cc(Br)c1. The second-order valence-corrected chi connectivity index (χ2v) is 4.67. The van der Waals surface area contributed by atoms with E-state index >= 15 is 0 Å². The fourth-order valence-corrected chi connectivity index (χ4v) is 2.43. The van der Waals surface area contributed by atoms with E-state index in [1.54, 1.807) is 0 Å². The van der Waals surface area contributed by atoms with E-state index in [2.05, 4.69) is 38.4 Å². The van der Waals surface area contributed by atoms with Gasteiger partial charge in [0.2, 0.25) is 0 Å². The maximum Gasteiger partial charge on any atom is 0.0330 e. The molecule has 0 saturated heterocycles. The summed E-state index contributed by atoms with van der Waals surface area (Å²) in [6.45, 7) is 3.67. The van der Waals surface area contributed by atoms with Crippen molar-refractivity contribution in [1.82, 2.24) is 0 Å². The summed E-state index contributed by atoms with van der Waals surface area (Å²) in [6, 6.07) is 6.08. The molecule has 0 aliphatic carbocycles. The molecule has 1 aromatic carbocycles. The van der Waals surface area contributed by atoms with E-state index in [-0.39, 0.29) is 6.04 Å². The molecule has 2 N–H and O–H groups in total. The minimum Gasteiger partial charge on any atom is -0.324 e. The monoisotopic (exact) mass is 303 g/mol. The molecule has 0 aliphatic rings. The number of benzene rings is 1. The van der Waals surface area contributed by atoms with E-state index in [1.807, 2.05) is 24.3 Å². The Balaban J connectivity index is 2.93. The van der Waals surface area contributed by atoms with Crippen molar-refractivity contribution in [1.29, 1.82) is 0 Å². The smallest absolute Gasteiger partial charge is 0.0330 e. The first-order valence-corrected chi connectivity index (χ1v) is 5.54. The summed E-state index contributed by atoms with van der Waals surface area (Å²) >= 11 is 6.84. The molecule has 0 spiro atoms. The van der Waals surface area contributed by atoms with Crippen molar-refractivity contribution in [2.75, 3.05) is 0 Å². The summed E-state index contributed by atoms with van der Waals surface area (Å²) in [4.78, 5) is 0. The molecule has 1 nitrogen and oxygen atoms in total. The first kappa shape index (κ1) is 11.0. The van der Waals surface area contributed by atoms with Crippen LogP contribution < -0.4 is 5.73 Å². The van der Waals surface area contributed by atoms with Gasteiger partial charge in [-0.25, -0.2) is 0 Å². The third-order valence-electron chi connectivity index (χ3n) is 1.73. The molecule has 1 atom stereocenters. The van der Waals surface area contributed by atoms with Gasteiger partial charge in [0.25, 0.3) is 0 Å². The largest absolute Gasteiger partial charge is 0.324 e. The molecule has 0 heterocycles. The van der Waals surface area contributed by atoms with E-state index in [1.165, 1.54) is 0 Å². The van der Waals surface area contributed by atoms with Crippen molar-refractivity contribution in [2.24, 2.45) is 5.73 Å². The molecule has 13 heavy (non-hydrogen) atoms.